The van der Waals surface area contributed by atoms with Crippen LogP contribution in [0.3, 0.4) is 0 Å². The minimum Gasteiger partial charge on any atom is -0.382 e. The number of hydrogen-bond donors (Lipinski definition) is 1. The highest BCUT2D eigenvalue weighted by Gasteiger charge is 2.42. The van der Waals surface area contributed by atoms with E-state index in [9.17, 15) is 0 Å². The van der Waals surface area contributed by atoms with Crippen LogP contribution in [-0.2, 0) is 18.9 Å². The molecular weight excluding hydrogens is 258 g/mol. The molecule has 0 aromatic heterocycles. The van der Waals surface area contributed by atoms with E-state index in [1.54, 1.807) is 7.11 Å². The van der Waals surface area contributed by atoms with Crippen molar-refractivity contribution >= 4 is 0 Å². The molecule has 0 radical (unpaired) electrons. The fraction of sp³-hybridized carbons (Fsp3) is 1.00. The average molecular weight is 289 g/mol. The Hall–Kier alpha value is -0.200. The van der Waals surface area contributed by atoms with E-state index >= 15 is 0 Å². The van der Waals surface area contributed by atoms with E-state index in [-0.39, 0.29) is 12.2 Å². The van der Waals surface area contributed by atoms with Gasteiger partial charge in [0.05, 0.1) is 25.4 Å². The molecule has 0 aromatic carbocycles. The number of methoxy groups -OCH3 is 1. The Morgan fingerprint density at radius 1 is 1.05 bits per heavy atom. The molecule has 20 heavy (non-hydrogen) atoms. The van der Waals surface area contributed by atoms with Crippen LogP contribution >= 0.6 is 0 Å². The van der Waals surface area contributed by atoms with Crippen LogP contribution in [0.1, 0.15) is 33.1 Å². The topological polar surface area (TPSA) is 49.0 Å². The van der Waals surface area contributed by atoms with Gasteiger partial charge in [-0.25, -0.2) is 0 Å². The molecular formula is C15H31NO4. The molecule has 0 saturated heterocycles. The van der Waals surface area contributed by atoms with Gasteiger partial charge in [-0.3, -0.25) is 0 Å². The van der Waals surface area contributed by atoms with Gasteiger partial charge in [0.15, 0.2) is 0 Å². The van der Waals surface area contributed by atoms with Gasteiger partial charge in [0, 0.05) is 33.0 Å². The zero-order valence-corrected chi connectivity index (χ0v) is 13.2. The first-order valence-corrected chi connectivity index (χ1v) is 7.86. The molecule has 1 N–H and O–H groups in total. The summed E-state index contributed by atoms with van der Waals surface area (Å²) in [5.41, 5.74) is 0. The summed E-state index contributed by atoms with van der Waals surface area (Å²) in [6, 6.07) is 0.456. The van der Waals surface area contributed by atoms with Gasteiger partial charge in [-0.2, -0.15) is 0 Å². The predicted molar refractivity (Wildman–Crippen MR) is 79.2 cm³/mol. The molecule has 1 fully saturated rings. The van der Waals surface area contributed by atoms with Crippen molar-refractivity contribution in [2.75, 3.05) is 46.7 Å². The average Bonchev–Trinajstić information content (AvgIpc) is 2.45. The van der Waals surface area contributed by atoms with Crippen molar-refractivity contribution in [3.63, 3.8) is 0 Å². The predicted octanol–water partition coefficient (Wildman–Crippen LogP) is 1.60. The third-order valence-corrected chi connectivity index (χ3v) is 3.46. The van der Waals surface area contributed by atoms with Crippen LogP contribution in [0.5, 0.6) is 0 Å². The fourth-order valence-electron chi connectivity index (χ4n) is 2.33. The van der Waals surface area contributed by atoms with Crippen LogP contribution < -0.4 is 5.32 Å². The molecule has 1 aliphatic carbocycles. The van der Waals surface area contributed by atoms with E-state index < -0.39 is 0 Å². The lowest BCUT2D eigenvalue weighted by atomic mass is 9.85. The maximum absolute atomic E-state index is 5.88. The summed E-state index contributed by atoms with van der Waals surface area (Å²) in [7, 11) is 1.68. The SMILES string of the molecule is CCCNC1CC(OCCCOCCOC)C1OCC. The van der Waals surface area contributed by atoms with Crippen LogP contribution in [0, 0.1) is 0 Å². The van der Waals surface area contributed by atoms with Gasteiger partial charge in [-0.15, -0.1) is 0 Å². The van der Waals surface area contributed by atoms with Crippen LogP contribution in [0.4, 0.5) is 0 Å². The second-order valence-electron chi connectivity index (χ2n) is 5.08. The number of hydrogen-bond acceptors (Lipinski definition) is 5. The number of nitrogens with one attached hydrogen (secondary N) is 1. The standard InChI is InChI=1S/C15H31NO4/c1-4-7-16-13-12-14(15(13)19-5-2)20-9-6-8-18-11-10-17-3/h13-16H,4-12H2,1-3H3. The molecule has 1 saturated carbocycles. The maximum Gasteiger partial charge on any atom is 0.0990 e. The Morgan fingerprint density at radius 3 is 2.60 bits per heavy atom. The highest BCUT2D eigenvalue weighted by Crippen LogP contribution is 2.27. The Balaban J connectivity index is 2.05. The normalized spacial score (nSPS) is 25.6. The summed E-state index contributed by atoms with van der Waals surface area (Å²) < 4.78 is 22.0. The van der Waals surface area contributed by atoms with Gasteiger partial charge >= 0.3 is 0 Å². The summed E-state index contributed by atoms with van der Waals surface area (Å²) in [6.07, 6.45) is 3.57. The van der Waals surface area contributed by atoms with Gasteiger partial charge in [0.2, 0.25) is 0 Å². The third kappa shape index (κ3) is 6.50. The smallest absolute Gasteiger partial charge is 0.0990 e. The Morgan fingerprint density at radius 2 is 1.90 bits per heavy atom. The zero-order chi connectivity index (χ0) is 14.6. The first-order valence-electron chi connectivity index (χ1n) is 7.86. The van der Waals surface area contributed by atoms with Crippen molar-refractivity contribution < 1.29 is 18.9 Å². The van der Waals surface area contributed by atoms with E-state index in [1.807, 2.05) is 6.92 Å². The van der Waals surface area contributed by atoms with Gasteiger partial charge < -0.3 is 24.3 Å². The van der Waals surface area contributed by atoms with Crippen molar-refractivity contribution in [1.29, 1.82) is 0 Å². The molecule has 120 valence electrons. The summed E-state index contributed by atoms with van der Waals surface area (Å²) in [4.78, 5) is 0. The summed E-state index contributed by atoms with van der Waals surface area (Å²) >= 11 is 0. The highest BCUT2D eigenvalue weighted by atomic mass is 16.5. The van der Waals surface area contributed by atoms with Gasteiger partial charge in [-0.05, 0) is 32.7 Å². The summed E-state index contributed by atoms with van der Waals surface area (Å²) in [5, 5.41) is 3.51. The highest BCUT2D eigenvalue weighted by molar-refractivity contribution is 4.97. The first kappa shape index (κ1) is 17.9. The van der Waals surface area contributed by atoms with E-state index in [4.69, 9.17) is 18.9 Å². The molecule has 3 unspecified atom stereocenters. The first-order chi connectivity index (χ1) is 9.83. The molecule has 0 spiro atoms. The van der Waals surface area contributed by atoms with Crippen molar-refractivity contribution in [2.45, 2.75) is 51.4 Å². The lowest BCUT2D eigenvalue weighted by Crippen LogP contribution is -2.60. The molecule has 0 amide bonds. The fourth-order valence-corrected chi connectivity index (χ4v) is 2.33. The van der Waals surface area contributed by atoms with Crippen LogP contribution in [0.15, 0.2) is 0 Å². The zero-order valence-electron chi connectivity index (χ0n) is 13.2. The largest absolute Gasteiger partial charge is 0.382 e. The Kier molecular flexibility index (Phi) is 10.2. The molecule has 5 nitrogen and oxygen atoms in total. The molecule has 1 rings (SSSR count). The lowest BCUT2D eigenvalue weighted by molar-refractivity contribution is -0.146. The van der Waals surface area contributed by atoms with Gasteiger partial charge in [-0.1, -0.05) is 6.92 Å². The molecule has 0 heterocycles. The van der Waals surface area contributed by atoms with Gasteiger partial charge in [0.25, 0.3) is 0 Å². The van der Waals surface area contributed by atoms with E-state index in [0.29, 0.717) is 19.3 Å². The Bertz CT molecular complexity index is 228. The van der Waals surface area contributed by atoms with Crippen molar-refractivity contribution in [2.24, 2.45) is 0 Å². The van der Waals surface area contributed by atoms with Crippen LogP contribution in [-0.4, -0.2) is 64.9 Å². The Labute approximate surface area is 123 Å². The monoisotopic (exact) mass is 289 g/mol. The van der Waals surface area contributed by atoms with Crippen LogP contribution in [0.25, 0.3) is 0 Å². The summed E-state index contributed by atoms with van der Waals surface area (Å²) in [5.74, 6) is 0. The third-order valence-electron chi connectivity index (χ3n) is 3.46. The quantitative estimate of drug-likeness (QED) is 0.522. The van der Waals surface area contributed by atoms with Crippen LogP contribution in [0.2, 0.25) is 0 Å². The van der Waals surface area contributed by atoms with Crippen molar-refractivity contribution in [1.82, 2.24) is 5.32 Å². The molecule has 0 aliphatic heterocycles. The number of rotatable bonds is 13. The molecule has 5 heteroatoms. The minimum atomic E-state index is 0.209. The lowest BCUT2D eigenvalue weighted by Gasteiger charge is -2.44. The maximum atomic E-state index is 5.88. The molecule has 3 atom stereocenters. The summed E-state index contributed by atoms with van der Waals surface area (Å²) in [6.45, 7) is 8.79. The van der Waals surface area contributed by atoms with Gasteiger partial charge in [0.1, 0.15) is 0 Å². The minimum absolute atomic E-state index is 0.209. The van der Waals surface area contributed by atoms with Crippen molar-refractivity contribution in [3.8, 4) is 0 Å². The number of ether oxygens (including phenoxy) is 4. The molecule has 1 aliphatic rings. The van der Waals surface area contributed by atoms with Crippen molar-refractivity contribution in [3.05, 3.63) is 0 Å². The second-order valence-corrected chi connectivity index (χ2v) is 5.08. The second kappa shape index (κ2) is 11.5. The molecule has 0 bridgehead atoms. The van der Waals surface area contributed by atoms with E-state index in [0.717, 1.165) is 45.6 Å². The van der Waals surface area contributed by atoms with E-state index in [2.05, 4.69) is 12.2 Å². The van der Waals surface area contributed by atoms with E-state index in [1.165, 1.54) is 0 Å². The molecule has 0 aromatic rings.